The fraction of sp³-hybridized carbons (Fsp3) is 0.250. The lowest BCUT2D eigenvalue weighted by Crippen LogP contribution is -2.08. The highest BCUT2D eigenvalue weighted by Gasteiger charge is 2.14. The third-order valence-corrected chi connectivity index (χ3v) is 3.54. The van der Waals surface area contributed by atoms with Gasteiger partial charge in [0.1, 0.15) is 5.82 Å². The van der Waals surface area contributed by atoms with E-state index in [-0.39, 0.29) is 11.4 Å². The van der Waals surface area contributed by atoms with Crippen molar-refractivity contribution in [3.63, 3.8) is 0 Å². The molecular formula is C20H21F3N4. The smallest absolute Gasteiger partial charge is 0.194 e. The number of aromatic nitrogens is 3. The van der Waals surface area contributed by atoms with Crippen molar-refractivity contribution in [2.24, 2.45) is 0 Å². The van der Waals surface area contributed by atoms with Crippen LogP contribution in [-0.4, -0.2) is 21.5 Å². The van der Waals surface area contributed by atoms with Gasteiger partial charge in [0.25, 0.3) is 0 Å². The summed E-state index contributed by atoms with van der Waals surface area (Å²) in [6.45, 7) is 6.35. The van der Waals surface area contributed by atoms with Gasteiger partial charge in [-0.05, 0) is 37.1 Å². The number of halogens is 3. The van der Waals surface area contributed by atoms with E-state index in [2.05, 4.69) is 20.3 Å². The van der Waals surface area contributed by atoms with Crippen LogP contribution in [0, 0.1) is 24.4 Å². The molecule has 0 aliphatic heterocycles. The van der Waals surface area contributed by atoms with Crippen molar-refractivity contribution in [1.82, 2.24) is 15.0 Å². The molecule has 4 nitrogen and oxygen atoms in total. The highest BCUT2D eigenvalue weighted by Crippen LogP contribution is 2.22. The van der Waals surface area contributed by atoms with Gasteiger partial charge >= 0.3 is 0 Å². The summed E-state index contributed by atoms with van der Waals surface area (Å²) in [5.41, 5.74) is 1.78. The zero-order valence-corrected chi connectivity index (χ0v) is 15.4. The molecule has 0 spiro atoms. The Labute approximate surface area is 156 Å². The van der Waals surface area contributed by atoms with Crippen LogP contribution in [0.4, 0.5) is 19.0 Å². The Bertz CT molecular complexity index is 863. The second kappa shape index (κ2) is 9.66. The van der Waals surface area contributed by atoms with Gasteiger partial charge in [0, 0.05) is 36.3 Å². The molecule has 142 valence electrons. The summed E-state index contributed by atoms with van der Waals surface area (Å²) in [6.07, 6.45) is 4.23. The van der Waals surface area contributed by atoms with Crippen molar-refractivity contribution >= 4 is 5.82 Å². The average molecular weight is 374 g/mol. The van der Waals surface area contributed by atoms with Crippen molar-refractivity contribution in [2.45, 2.75) is 27.2 Å². The Morgan fingerprint density at radius 1 is 1.00 bits per heavy atom. The van der Waals surface area contributed by atoms with Gasteiger partial charge in [0.2, 0.25) is 0 Å². The Kier molecular flexibility index (Phi) is 7.28. The molecule has 3 aromatic rings. The van der Waals surface area contributed by atoms with E-state index in [1.54, 1.807) is 25.4 Å². The molecule has 0 saturated carbocycles. The lowest BCUT2D eigenvalue weighted by Gasteiger charge is -2.09. The Balaban J connectivity index is 0.00000126. The van der Waals surface area contributed by atoms with Crippen LogP contribution >= 0.6 is 0 Å². The van der Waals surface area contributed by atoms with Gasteiger partial charge < -0.3 is 5.32 Å². The molecule has 0 bridgehead atoms. The van der Waals surface area contributed by atoms with Crippen molar-refractivity contribution in [2.75, 3.05) is 11.9 Å². The largest absolute Gasteiger partial charge is 0.370 e. The first-order valence-electron chi connectivity index (χ1n) is 8.66. The second-order valence-electron chi connectivity index (χ2n) is 5.51. The van der Waals surface area contributed by atoms with Crippen LogP contribution in [0.5, 0.6) is 0 Å². The summed E-state index contributed by atoms with van der Waals surface area (Å²) in [5, 5.41) is 3.14. The van der Waals surface area contributed by atoms with E-state index < -0.39 is 17.5 Å². The summed E-state index contributed by atoms with van der Waals surface area (Å²) in [5.74, 6) is -3.40. The molecule has 27 heavy (non-hydrogen) atoms. The van der Waals surface area contributed by atoms with Crippen LogP contribution in [0.25, 0.3) is 11.4 Å². The molecule has 0 aliphatic carbocycles. The van der Waals surface area contributed by atoms with Crippen LogP contribution in [0.15, 0.2) is 42.7 Å². The Morgan fingerprint density at radius 3 is 2.33 bits per heavy atom. The second-order valence-corrected chi connectivity index (χ2v) is 5.51. The summed E-state index contributed by atoms with van der Waals surface area (Å²) < 4.78 is 40.0. The Morgan fingerprint density at radius 2 is 1.70 bits per heavy atom. The summed E-state index contributed by atoms with van der Waals surface area (Å²) in [7, 11) is 0. The number of nitrogens with zero attached hydrogens (tertiary/aromatic N) is 3. The van der Waals surface area contributed by atoms with E-state index in [4.69, 9.17) is 0 Å². The minimum Gasteiger partial charge on any atom is -0.370 e. The predicted octanol–water partition coefficient (Wildman–Crippen LogP) is 4.95. The number of hydrogen-bond acceptors (Lipinski definition) is 4. The van der Waals surface area contributed by atoms with Crippen molar-refractivity contribution in [3.8, 4) is 11.4 Å². The van der Waals surface area contributed by atoms with Gasteiger partial charge in [-0.1, -0.05) is 19.9 Å². The topological polar surface area (TPSA) is 50.7 Å². The highest BCUT2D eigenvalue weighted by atomic mass is 19.2. The summed E-state index contributed by atoms with van der Waals surface area (Å²) >= 11 is 0. The lowest BCUT2D eigenvalue weighted by molar-refractivity contribution is 0.447. The lowest BCUT2D eigenvalue weighted by atomic mass is 10.2. The number of rotatable bonds is 5. The van der Waals surface area contributed by atoms with E-state index in [0.29, 0.717) is 18.1 Å². The molecule has 0 aliphatic rings. The summed E-state index contributed by atoms with van der Waals surface area (Å²) in [4.78, 5) is 12.5. The molecule has 0 radical (unpaired) electrons. The molecule has 0 amide bonds. The van der Waals surface area contributed by atoms with Crippen molar-refractivity contribution < 1.29 is 13.2 Å². The van der Waals surface area contributed by atoms with Gasteiger partial charge in [-0.2, -0.15) is 0 Å². The van der Waals surface area contributed by atoms with Gasteiger partial charge in [0.05, 0.1) is 0 Å². The Hall–Kier alpha value is -2.96. The third kappa shape index (κ3) is 5.51. The molecule has 0 atom stereocenters. The molecule has 2 aromatic heterocycles. The van der Waals surface area contributed by atoms with E-state index in [9.17, 15) is 13.2 Å². The van der Waals surface area contributed by atoms with Crippen LogP contribution < -0.4 is 5.32 Å². The normalized spacial score (nSPS) is 10.1. The van der Waals surface area contributed by atoms with Crippen LogP contribution in [0.1, 0.15) is 25.1 Å². The van der Waals surface area contributed by atoms with E-state index in [1.807, 2.05) is 26.0 Å². The SMILES string of the molecule is CC.Cc1cc(NCCc2cccnc2)nc(-c2cc(F)c(F)c(F)c2)n1. The maximum absolute atomic E-state index is 13.4. The standard InChI is InChI=1S/C18H15F3N4.C2H6/c1-11-7-16(23-6-4-12-3-2-5-22-10-12)25-18(24-11)13-8-14(19)17(21)15(20)9-13;1-2/h2-3,5,7-10H,4,6H2,1H3,(H,23,24,25);1-2H3. The molecule has 3 rings (SSSR count). The molecule has 0 saturated heterocycles. The average Bonchev–Trinajstić information content (AvgIpc) is 2.68. The zero-order chi connectivity index (χ0) is 19.8. The fourth-order valence-electron chi connectivity index (χ4n) is 2.35. The minimum atomic E-state index is -1.51. The maximum atomic E-state index is 13.4. The van der Waals surface area contributed by atoms with Gasteiger partial charge in [-0.3, -0.25) is 4.98 Å². The number of hydrogen-bond donors (Lipinski definition) is 1. The van der Waals surface area contributed by atoms with Crippen LogP contribution in [0.2, 0.25) is 0 Å². The molecule has 7 heteroatoms. The molecule has 1 aromatic carbocycles. The van der Waals surface area contributed by atoms with Crippen LogP contribution in [0.3, 0.4) is 0 Å². The van der Waals surface area contributed by atoms with Crippen molar-refractivity contribution in [3.05, 3.63) is 71.4 Å². The minimum absolute atomic E-state index is 0.0791. The maximum Gasteiger partial charge on any atom is 0.194 e. The first-order chi connectivity index (χ1) is 13.0. The van der Waals surface area contributed by atoms with Gasteiger partial charge in [-0.15, -0.1) is 0 Å². The molecule has 2 heterocycles. The van der Waals surface area contributed by atoms with Gasteiger partial charge in [-0.25, -0.2) is 23.1 Å². The number of nitrogens with one attached hydrogen (secondary N) is 1. The van der Waals surface area contributed by atoms with E-state index >= 15 is 0 Å². The van der Waals surface area contributed by atoms with Crippen molar-refractivity contribution in [1.29, 1.82) is 0 Å². The molecule has 1 N–H and O–H groups in total. The zero-order valence-electron chi connectivity index (χ0n) is 15.4. The number of anilines is 1. The van der Waals surface area contributed by atoms with Crippen LogP contribution in [-0.2, 0) is 6.42 Å². The fourth-order valence-corrected chi connectivity index (χ4v) is 2.35. The predicted molar refractivity (Wildman–Crippen MR) is 99.9 cm³/mol. The molecule has 0 fully saturated rings. The molecule has 0 unspecified atom stereocenters. The number of aryl methyl sites for hydroxylation is 1. The monoisotopic (exact) mass is 374 g/mol. The first kappa shape index (κ1) is 20.4. The third-order valence-electron chi connectivity index (χ3n) is 3.54. The molecular weight excluding hydrogens is 353 g/mol. The first-order valence-corrected chi connectivity index (χ1v) is 8.66. The number of benzene rings is 1. The quantitative estimate of drug-likeness (QED) is 0.643. The highest BCUT2D eigenvalue weighted by molar-refractivity contribution is 5.58. The van der Waals surface area contributed by atoms with E-state index in [0.717, 1.165) is 24.1 Å². The number of pyridine rings is 1. The summed E-state index contributed by atoms with van der Waals surface area (Å²) in [6, 6.07) is 7.32. The van der Waals surface area contributed by atoms with Gasteiger partial charge in [0.15, 0.2) is 23.3 Å². The van der Waals surface area contributed by atoms with E-state index in [1.165, 1.54) is 0 Å².